The van der Waals surface area contributed by atoms with Crippen LogP contribution in [0.5, 0.6) is 0 Å². The van der Waals surface area contributed by atoms with Gasteiger partial charge in [0, 0.05) is 20.1 Å². The van der Waals surface area contributed by atoms with E-state index in [1.807, 2.05) is 11.5 Å². The SMILES string of the molecule is CCCn1cnc2c1c(=O)n(CCCCC(C)O)c(=O)n2C. The molecule has 2 aromatic heterocycles. The van der Waals surface area contributed by atoms with Crippen LogP contribution in [0.2, 0.25) is 0 Å². The number of unbranched alkanes of at least 4 members (excludes halogenated alkanes) is 1. The molecule has 1 atom stereocenters. The highest BCUT2D eigenvalue weighted by atomic mass is 16.3. The maximum absolute atomic E-state index is 12.6. The number of hydrogen-bond donors (Lipinski definition) is 1. The molecule has 7 heteroatoms. The van der Waals surface area contributed by atoms with Gasteiger partial charge < -0.3 is 9.67 Å². The lowest BCUT2D eigenvalue weighted by molar-refractivity contribution is 0.180. The summed E-state index contributed by atoms with van der Waals surface area (Å²) in [6.45, 7) is 4.83. The number of fused-ring (bicyclic) bond motifs is 1. The van der Waals surface area contributed by atoms with Crippen molar-refractivity contribution in [2.24, 2.45) is 7.05 Å². The first-order valence-corrected chi connectivity index (χ1v) is 7.80. The van der Waals surface area contributed by atoms with E-state index in [-0.39, 0.29) is 17.4 Å². The van der Waals surface area contributed by atoms with Gasteiger partial charge in [-0.3, -0.25) is 13.9 Å². The van der Waals surface area contributed by atoms with E-state index in [2.05, 4.69) is 4.98 Å². The van der Waals surface area contributed by atoms with Gasteiger partial charge in [-0.05, 0) is 32.6 Å². The van der Waals surface area contributed by atoms with Gasteiger partial charge in [-0.25, -0.2) is 9.78 Å². The van der Waals surface area contributed by atoms with E-state index in [4.69, 9.17) is 0 Å². The summed E-state index contributed by atoms with van der Waals surface area (Å²) in [6.07, 6.45) is 4.29. The maximum Gasteiger partial charge on any atom is 0.332 e. The Hall–Kier alpha value is -1.89. The quantitative estimate of drug-likeness (QED) is 0.769. The van der Waals surface area contributed by atoms with Crippen LogP contribution in [-0.4, -0.2) is 29.9 Å². The van der Waals surface area contributed by atoms with Crippen molar-refractivity contribution < 1.29 is 5.11 Å². The van der Waals surface area contributed by atoms with Crippen molar-refractivity contribution in [1.29, 1.82) is 0 Å². The van der Waals surface area contributed by atoms with E-state index < -0.39 is 0 Å². The van der Waals surface area contributed by atoms with E-state index in [0.717, 1.165) is 12.8 Å². The zero-order valence-corrected chi connectivity index (χ0v) is 13.4. The molecule has 0 saturated carbocycles. The molecule has 2 heterocycles. The van der Waals surface area contributed by atoms with Crippen LogP contribution in [0.25, 0.3) is 11.2 Å². The number of aryl methyl sites for hydroxylation is 2. The van der Waals surface area contributed by atoms with Gasteiger partial charge in [0.05, 0.1) is 12.4 Å². The first-order valence-electron chi connectivity index (χ1n) is 7.80. The van der Waals surface area contributed by atoms with Crippen LogP contribution in [0.15, 0.2) is 15.9 Å². The van der Waals surface area contributed by atoms with Crippen molar-refractivity contribution in [1.82, 2.24) is 18.7 Å². The Morgan fingerprint density at radius 2 is 2.00 bits per heavy atom. The molecule has 2 aromatic rings. The Morgan fingerprint density at radius 3 is 2.64 bits per heavy atom. The van der Waals surface area contributed by atoms with E-state index in [9.17, 15) is 14.7 Å². The van der Waals surface area contributed by atoms with Crippen molar-refractivity contribution in [3.8, 4) is 0 Å². The Balaban J connectivity index is 2.39. The fourth-order valence-corrected chi connectivity index (χ4v) is 2.64. The molecular formula is C15H24N4O3. The average Bonchev–Trinajstić information content (AvgIpc) is 2.88. The second-order valence-electron chi connectivity index (χ2n) is 5.75. The van der Waals surface area contributed by atoms with Gasteiger partial charge in [-0.2, -0.15) is 0 Å². The molecular weight excluding hydrogens is 284 g/mol. The minimum atomic E-state index is -0.354. The van der Waals surface area contributed by atoms with E-state index in [0.29, 0.717) is 37.1 Å². The van der Waals surface area contributed by atoms with Crippen LogP contribution in [0.4, 0.5) is 0 Å². The van der Waals surface area contributed by atoms with Crippen LogP contribution in [-0.2, 0) is 20.1 Å². The highest BCUT2D eigenvalue weighted by Crippen LogP contribution is 2.07. The third-order valence-electron chi connectivity index (χ3n) is 3.82. The zero-order valence-electron chi connectivity index (χ0n) is 13.4. The van der Waals surface area contributed by atoms with E-state index in [1.165, 1.54) is 9.13 Å². The molecule has 0 amide bonds. The molecule has 1 N–H and O–H groups in total. The van der Waals surface area contributed by atoms with Crippen molar-refractivity contribution in [3.05, 3.63) is 27.2 Å². The Kier molecular flexibility index (Phi) is 5.18. The zero-order chi connectivity index (χ0) is 16.3. The Labute approximate surface area is 128 Å². The van der Waals surface area contributed by atoms with Gasteiger partial charge in [0.15, 0.2) is 11.2 Å². The minimum Gasteiger partial charge on any atom is -0.393 e. The third kappa shape index (κ3) is 3.14. The highest BCUT2D eigenvalue weighted by Gasteiger charge is 2.15. The summed E-state index contributed by atoms with van der Waals surface area (Å²) in [5.74, 6) is 0. The maximum atomic E-state index is 12.6. The van der Waals surface area contributed by atoms with Crippen molar-refractivity contribution in [2.45, 2.75) is 58.7 Å². The van der Waals surface area contributed by atoms with E-state index >= 15 is 0 Å². The van der Waals surface area contributed by atoms with Gasteiger partial charge >= 0.3 is 5.69 Å². The molecule has 1 unspecified atom stereocenters. The molecule has 0 aromatic carbocycles. The fourth-order valence-electron chi connectivity index (χ4n) is 2.64. The van der Waals surface area contributed by atoms with Crippen molar-refractivity contribution >= 4 is 11.2 Å². The molecule has 22 heavy (non-hydrogen) atoms. The van der Waals surface area contributed by atoms with Gasteiger partial charge in [-0.1, -0.05) is 6.92 Å². The number of aliphatic hydroxyl groups excluding tert-OH is 1. The summed E-state index contributed by atoms with van der Waals surface area (Å²) < 4.78 is 4.51. The Bertz CT molecular complexity index is 754. The number of imidazole rings is 1. The van der Waals surface area contributed by atoms with Gasteiger partial charge in [0.1, 0.15) is 0 Å². The first-order chi connectivity index (χ1) is 10.5. The molecule has 0 fully saturated rings. The molecule has 0 radical (unpaired) electrons. The predicted octanol–water partition coefficient (Wildman–Crippen LogP) is 0.858. The molecule has 0 aliphatic carbocycles. The van der Waals surface area contributed by atoms with Crippen LogP contribution >= 0.6 is 0 Å². The molecule has 0 aliphatic rings. The standard InChI is InChI=1S/C15H24N4O3/c1-4-8-18-10-16-13-12(18)14(21)19(15(22)17(13)3)9-6-5-7-11(2)20/h10-11,20H,4-9H2,1-3H3. The molecule has 7 nitrogen and oxygen atoms in total. The second-order valence-corrected chi connectivity index (χ2v) is 5.75. The number of hydrogen-bond acceptors (Lipinski definition) is 4. The molecule has 0 spiro atoms. The van der Waals surface area contributed by atoms with Gasteiger partial charge in [0.2, 0.25) is 0 Å². The smallest absolute Gasteiger partial charge is 0.332 e. The second kappa shape index (κ2) is 6.91. The topological polar surface area (TPSA) is 82.1 Å². The molecule has 122 valence electrons. The lowest BCUT2D eigenvalue weighted by atomic mass is 10.2. The molecule has 0 saturated heterocycles. The summed E-state index contributed by atoms with van der Waals surface area (Å²) >= 11 is 0. The largest absolute Gasteiger partial charge is 0.393 e. The highest BCUT2D eigenvalue weighted by molar-refractivity contribution is 5.69. The number of rotatable bonds is 7. The van der Waals surface area contributed by atoms with Crippen LogP contribution in [0.3, 0.4) is 0 Å². The average molecular weight is 308 g/mol. The lowest BCUT2D eigenvalue weighted by Gasteiger charge is -2.10. The van der Waals surface area contributed by atoms with Crippen LogP contribution < -0.4 is 11.2 Å². The fraction of sp³-hybridized carbons (Fsp3) is 0.667. The van der Waals surface area contributed by atoms with Crippen molar-refractivity contribution in [2.75, 3.05) is 0 Å². The summed E-state index contributed by atoms with van der Waals surface area (Å²) in [7, 11) is 1.64. The number of aliphatic hydroxyl groups is 1. The summed E-state index contributed by atoms with van der Waals surface area (Å²) in [5.41, 5.74) is 0.306. The normalized spacial score (nSPS) is 12.9. The number of aromatic nitrogens is 4. The molecule has 0 aliphatic heterocycles. The van der Waals surface area contributed by atoms with Gasteiger partial charge in [0.25, 0.3) is 5.56 Å². The van der Waals surface area contributed by atoms with Gasteiger partial charge in [-0.15, -0.1) is 0 Å². The van der Waals surface area contributed by atoms with Crippen molar-refractivity contribution in [3.63, 3.8) is 0 Å². The van der Waals surface area contributed by atoms with Crippen LogP contribution in [0.1, 0.15) is 39.5 Å². The Morgan fingerprint density at radius 1 is 1.27 bits per heavy atom. The minimum absolute atomic E-state index is 0.277. The summed E-state index contributed by atoms with van der Waals surface area (Å²) in [5, 5.41) is 9.27. The summed E-state index contributed by atoms with van der Waals surface area (Å²) in [6, 6.07) is 0. The number of nitrogens with zero attached hydrogens (tertiary/aromatic N) is 4. The lowest BCUT2D eigenvalue weighted by Crippen LogP contribution is -2.39. The summed E-state index contributed by atoms with van der Waals surface area (Å²) in [4.78, 5) is 29.2. The molecule has 0 bridgehead atoms. The van der Waals surface area contributed by atoms with E-state index in [1.54, 1.807) is 20.3 Å². The van der Waals surface area contributed by atoms with Crippen LogP contribution in [0, 0.1) is 0 Å². The monoisotopic (exact) mass is 308 g/mol. The first kappa shape index (κ1) is 16.5. The molecule has 2 rings (SSSR count). The predicted molar refractivity (Wildman–Crippen MR) is 85.1 cm³/mol. The third-order valence-corrected chi connectivity index (χ3v) is 3.82.